The molecule has 0 atom stereocenters. The van der Waals surface area contributed by atoms with Crippen LogP contribution < -0.4 is 20.4 Å². The van der Waals surface area contributed by atoms with Crippen LogP contribution in [0.5, 0.6) is 5.75 Å². The summed E-state index contributed by atoms with van der Waals surface area (Å²) in [5.41, 5.74) is 5.21. The van der Waals surface area contributed by atoms with Crippen LogP contribution in [-0.4, -0.2) is 32.4 Å². The SMILES string of the molecule is COc1ccccc1NC(=O)N/N=C/c1ccc(N2CCCC2)cc1. The summed E-state index contributed by atoms with van der Waals surface area (Å²) >= 11 is 0. The van der Waals surface area contributed by atoms with Gasteiger partial charge in [0.25, 0.3) is 0 Å². The Morgan fingerprint density at radius 3 is 2.56 bits per heavy atom. The number of methoxy groups -OCH3 is 1. The van der Waals surface area contributed by atoms with Crippen LogP contribution in [0.15, 0.2) is 53.6 Å². The Morgan fingerprint density at radius 2 is 1.84 bits per heavy atom. The van der Waals surface area contributed by atoms with Crippen molar-refractivity contribution in [3.05, 3.63) is 54.1 Å². The molecule has 0 unspecified atom stereocenters. The van der Waals surface area contributed by atoms with Gasteiger partial charge >= 0.3 is 6.03 Å². The summed E-state index contributed by atoms with van der Waals surface area (Å²) in [7, 11) is 1.56. The number of para-hydroxylation sites is 2. The molecule has 0 radical (unpaired) electrons. The zero-order valence-corrected chi connectivity index (χ0v) is 14.2. The van der Waals surface area contributed by atoms with Gasteiger partial charge in [-0.05, 0) is 42.7 Å². The molecule has 1 aliphatic rings. The molecule has 130 valence electrons. The smallest absolute Gasteiger partial charge is 0.339 e. The summed E-state index contributed by atoms with van der Waals surface area (Å²) in [6, 6.07) is 14.9. The maximum absolute atomic E-state index is 11.9. The van der Waals surface area contributed by atoms with Crippen LogP contribution in [0.1, 0.15) is 18.4 Å². The molecule has 1 fully saturated rings. The fraction of sp³-hybridized carbons (Fsp3) is 0.263. The lowest BCUT2D eigenvalue weighted by molar-refractivity contribution is 0.252. The number of carbonyl (C=O) groups is 1. The highest BCUT2D eigenvalue weighted by Gasteiger charge is 2.11. The molecule has 0 aliphatic carbocycles. The number of hydrogen-bond donors (Lipinski definition) is 2. The molecule has 1 aliphatic heterocycles. The van der Waals surface area contributed by atoms with Gasteiger partial charge in [-0.3, -0.25) is 0 Å². The third kappa shape index (κ3) is 4.50. The number of hydrogen-bond acceptors (Lipinski definition) is 4. The number of nitrogens with one attached hydrogen (secondary N) is 2. The van der Waals surface area contributed by atoms with Gasteiger partial charge in [-0.15, -0.1) is 0 Å². The van der Waals surface area contributed by atoms with E-state index < -0.39 is 6.03 Å². The molecule has 25 heavy (non-hydrogen) atoms. The number of rotatable bonds is 5. The minimum Gasteiger partial charge on any atom is -0.495 e. The lowest BCUT2D eigenvalue weighted by Crippen LogP contribution is -2.24. The van der Waals surface area contributed by atoms with E-state index in [-0.39, 0.29) is 0 Å². The third-order valence-corrected chi connectivity index (χ3v) is 4.10. The molecule has 3 rings (SSSR count). The van der Waals surface area contributed by atoms with E-state index in [0.717, 1.165) is 18.7 Å². The number of nitrogens with zero attached hydrogens (tertiary/aromatic N) is 2. The van der Waals surface area contributed by atoms with Crippen LogP contribution in [0.3, 0.4) is 0 Å². The second-order valence-corrected chi connectivity index (χ2v) is 5.81. The third-order valence-electron chi connectivity index (χ3n) is 4.10. The number of carbonyl (C=O) groups excluding carboxylic acids is 1. The van der Waals surface area contributed by atoms with Crippen molar-refractivity contribution in [2.24, 2.45) is 5.10 Å². The molecular formula is C19H22N4O2. The first-order valence-electron chi connectivity index (χ1n) is 8.34. The summed E-state index contributed by atoms with van der Waals surface area (Å²) in [5.74, 6) is 0.596. The predicted molar refractivity (Wildman–Crippen MR) is 101 cm³/mol. The van der Waals surface area contributed by atoms with E-state index in [9.17, 15) is 4.79 Å². The predicted octanol–water partition coefficient (Wildman–Crippen LogP) is 3.45. The average Bonchev–Trinajstić information content (AvgIpc) is 3.17. The number of hydrazone groups is 1. The highest BCUT2D eigenvalue weighted by atomic mass is 16.5. The van der Waals surface area contributed by atoms with Crippen LogP contribution in [0.25, 0.3) is 0 Å². The Bertz CT molecular complexity index is 737. The highest BCUT2D eigenvalue weighted by molar-refractivity contribution is 5.91. The lowest BCUT2D eigenvalue weighted by atomic mass is 10.2. The van der Waals surface area contributed by atoms with Gasteiger partial charge in [-0.1, -0.05) is 24.3 Å². The summed E-state index contributed by atoms with van der Waals surface area (Å²) < 4.78 is 5.19. The van der Waals surface area contributed by atoms with E-state index in [4.69, 9.17) is 4.74 Å². The molecule has 1 heterocycles. The van der Waals surface area contributed by atoms with Crippen molar-refractivity contribution < 1.29 is 9.53 Å². The van der Waals surface area contributed by atoms with Gasteiger partial charge in [0.15, 0.2) is 0 Å². The maximum Gasteiger partial charge on any atom is 0.339 e. The summed E-state index contributed by atoms with van der Waals surface area (Å²) in [5, 5.41) is 6.68. The number of benzene rings is 2. The van der Waals surface area contributed by atoms with Crippen LogP contribution >= 0.6 is 0 Å². The molecular weight excluding hydrogens is 316 g/mol. The second-order valence-electron chi connectivity index (χ2n) is 5.81. The van der Waals surface area contributed by atoms with Gasteiger partial charge in [0.1, 0.15) is 5.75 Å². The van der Waals surface area contributed by atoms with Gasteiger partial charge in [0, 0.05) is 18.8 Å². The van der Waals surface area contributed by atoms with E-state index >= 15 is 0 Å². The van der Waals surface area contributed by atoms with Crippen molar-refractivity contribution in [1.29, 1.82) is 0 Å². The molecule has 1 saturated heterocycles. The molecule has 2 N–H and O–H groups in total. The van der Waals surface area contributed by atoms with Gasteiger partial charge in [-0.25, -0.2) is 10.2 Å². The molecule has 0 spiro atoms. The highest BCUT2D eigenvalue weighted by Crippen LogP contribution is 2.22. The standard InChI is InChI=1S/C19H22N4O2/c1-25-18-7-3-2-6-17(18)21-19(24)22-20-14-15-8-10-16(11-9-15)23-12-4-5-13-23/h2-3,6-11,14H,4-5,12-13H2,1H3,(H2,21,22,24)/b20-14+. The Labute approximate surface area is 147 Å². The number of amides is 2. The molecule has 2 aromatic rings. The van der Waals surface area contributed by atoms with Crippen LogP contribution in [0, 0.1) is 0 Å². The van der Waals surface area contributed by atoms with Crippen molar-refractivity contribution in [2.75, 3.05) is 30.4 Å². The fourth-order valence-electron chi connectivity index (χ4n) is 2.81. The fourth-order valence-corrected chi connectivity index (χ4v) is 2.81. The van der Waals surface area contributed by atoms with Gasteiger partial charge in [0.2, 0.25) is 0 Å². The second kappa shape index (κ2) is 8.19. The van der Waals surface area contributed by atoms with Crippen LogP contribution in [-0.2, 0) is 0 Å². The summed E-state index contributed by atoms with van der Waals surface area (Å²) in [6.07, 6.45) is 4.14. The quantitative estimate of drug-likeness (QED) is 0.648. The van der Waals surface area contributed by atoms with E-state index in [1.165, 1.54) is 18.5 Å². The Morgan fingerprint density at radius 1 is 1.12 bits per heavy atom. The van der Waals surface area contributed by atoms with Crippen molar-refractivity contribution >= 4 is 23.6 Å². The Kier molecular flexibility index (Phi) is 5.51. The number of anilines is 2. The van der Waals surface area contributed by atoms with Gasteiger partial charge in [-0.2, -0.15) is 5.10 Å². The monoisotopic (exact) mass is 338 g/mol. The van der Waals surface area contributed by atoms with Gasteiger partial charge in [0.05, 0.1) is 19.0 Å². The van der Waals surface area contributed by atoms with E-state index in [1.807, 2.05) is 24.3 Å². The van der Waals surface area contributed by atoms with E-state index in [1.54, 1.807) is 25.5 Å². The first-order chi connectivity index (χ1) is 12.3. The largest absolute Gasteiger partial charge is 0.495 e. The molecule has 0 bridgehead atoms. The molecule has 0 saturated carbocycles. The zero-order valence-electron chi connectivity index (χ0n) is 14.2. The van der Waals surface area contributed by atoms with E-state index in [0.29, 0.717) is 11.4 Å². The number of urea groups is 1. The molecule has 6 heteroatoms. The van der Waals surface area contributed by atoms with Crippen molar-refractivity contribution in [3.63, 3.8) is 0 Å². The molecule has 0 aromatic heterocycles. The Hall–Kier alpha value is -3.02. The first-order valence-corrected chi connectivity index (χ1v) is 8.34. The Balaban J connectivity index is 1.53. The van der Waals surface area contributed by atoms with Crippen LogP contribution in [0.2, 0.25) is 0 Å². The van der Waals surface area contributed by atoms with Gasteiger partial charge < -0.3 is 15.0 Å². The average molecular weight is 338 g/mol. The van der Waals surface area contributed by atoms with Crippen molar-refractivity contribution in [1.82, 2.24) is 5.43 Å². The van der Waals surface area contributed by atoms with Crippen LogP contribution in [0.4, 0.5) is 16.2 Å². The molecule has 2 aromatic carbocycles. The summed E-state index contributed by atoms with van der Waals surface area (Å²) in [6.45, 7) is 2.25. The zero-order chi connectivity index (χ0) is 17.5. The van der Waals surface area contributed by atoms with Crippen molar-refractivity contribution in [3.8, 4) is 5.75 Å². The lowest BCUT2D eigenvalue weighted by Gasteiger charge is -2.17. The molecule has 2 amide bonds. The molecule has 6 nitrogen and oxygen atoms in total. The topological polar surface area (TPSA) is 66.0 Å². The number of ether oxygens (including phenoxy) is 1. The first kappa shape index (κ1) is 16.8. The maximum atomic E-state index is 11.9. The normalized spacial score (nSPS) is 13.9. The minimum atomic E-state index is -0.422. The summed E-state index contributed by atoms with van der Waals surface area (Å²) in [4.78, 5) is 14.3. The van der Waals surface area contributed by atoms with E-state index in [2.05, 4.69) is 32.9 Å². The van der Waals surface area contributed by atoms with Crippen molar-refractivity contribution in [2.45, 2.75) is 12.8 Å². The minimum absolute atomic E-state index is 0.422.